The van der Waals surface area contributed by atoms with Gasteiger partial charge in [-0.25, -0.2) is 4.98 Å². The number of aromatic nitrogens is 4. The maximum Gasteiger partial charge on any atom is 0.213 e. The molecule has 1 aliphatic rings. The van der Waals surface area contributed by atoms with Gasteiger partial charge in [0.25, 0.3) is 0 Å². The molecule has 4 heterocycles. The third kappa shape index (κ3) is 2.67. The molecule has 1 aliphatic carbocycles. The van der Waals surface area contributed by atoms with Gasteiger partial charge >= 0.3 is 0 Å². The van der Waals surface area contributed by atoms with Gasteiger partial charge in [-0.1, -0.05) is 18.2 Å². The van der Waals surface area contributed by atoms with E-state index in [0.29, 0.717) is 12.1 Å². The fourth-order valence-electron chi connectivity index (χ4n) is 4.26. The van der Waals surface area contributed by atoms with E-state index in [9.17, 15) is 4.39 Å². The summed E-state index contributed by atoms with van der Waals surface area (Å²) in [7, 11) is 0. The molecule has 0 aromatic carbocycles. The molecule has 4 aromatic heterocycles. The molecular weight excluding hydrogens is 351 g/mol. The Morgan fingerprint density at radius 3 is 2.04 bits per heavy atom. The van der Waals surface area contributed by atoms with Crippen LogP contribution in [0.25, 0.3) is 11.4 Å². The molecule has 136 valence electrons. The first-order valence-corrected chi connectivity index (χ1v) is 9.18. The van der Waals surface area contributed by atoms with Crippen LogP contribution in [0.5, 0.6) is 0 Å². The van der Waals surface area contributed by atoms with Crippen LogP contribution in [0.2, 0.25) is 0 Å². The van der Waals surface area contributed by atoms with E-state index >= 15 is 0 Å². The Bertz CT molecular complexity index is 1100. The van der Waals surface area contributed by atoms with Gasteiger partial charge in [0, 0.05) is 42.3 Å². The van der Waals surface area contributed by atoms with Crippen LogP contribution >= 0.6 is 0 Å². The molecule has 0 atom stereocenters. The lowest BCUT2D eigenvalue weighted by Crippen LogP contribution is -2.31. The average molecular weight is 368 g/mol. The summed E-state index contributed by atoms with van der Waals surface area (Å²) in [4.78, 5) is 17.5. The lowest BCUT2D eigenvalue weighted by Gasteiger charge is -2.31. The predicted molar refractivity (Wildman–Crippen MR) is 104 cm³/mol. The minimum atomic E-state index is -0.465. The van der Waals surface area contributed by atoms with Gasteiger partial charge in [0.1, 0.15) is 0 Å². The number of fused-ring (bicyclic) bond motifs is 3. The largest absolute Gasteiger partial charge is 0.265 e. The second-order valence-corrected chi connectivity index (χ2v) is 7.04. The first-order chi connectivity index (χ1) is 13.8. The third-order valence-corrected chi connectivity index (χ3v) is 5.38. The first-order valence-electron chi connectivity index (χ1n) is 9.18. The topological polar surface area (TPSA) is 51.6 Å². The van der Waals surface area contributed by atoms with Crippen molar-refractivity contribution in [2.45, 2.75) is 18.3 Å². The van der Waals surface area contributed by atoms with Gasteiger partial charge in [-0.3, -0.25) is 15.0 Å². The van der Waals surface area contributed by atoms with Gasteiger partial charge in [-0.05, 0) is 59.5 Å². The molecule has 0 amide bonds. The normalized spacial score (nSPS) is 13.8. The Morgan fingerprint density at radius 2 is 1.39 bits per heavy atom. The molecule has 0 spiro atoms. The Kier molecular flexibility index (Phi) is 3.93. The number of rotatable bonds is 4. The van der Waals surface area contributed by atoms with Crippen LogP contribution in [0, 0.1) is 5.95 Å². The Balaban J connectivity index is 1.74. The zero-order valence-corrected chi connectivity index (χ0v) is 15.1. The number of pyridine rings is 4. The van der Waals surface area contributed by atoms with Crippen molar-refractivity contribution in [2.24, 2.45) is 0 Å². The summed E-state index contributed by atoms with van der Waals surface area (Å²) in [5.74, 6) is -0.465. The van der Waals surface area contributed by atoms with Crippen LogP contribution in [0.15, 0.2) is 79.4 Å². The first kappa shape index (κ1) is 16.7. The zero-order chi connectivity index (χ0) is 19.0. The van der Waals surface area contributed by atoms with Gasteiger partial charge in [0.2, 0.25) is 5.95 Å². The molecule has 4 aromatic rings. The maximum absolute atomic E-state index is 13.8. The molecule has 0 aliphatic heterocycles. The van der Waals surface area contributed by atoms with Crippen LogP contribution in [-0.2, 0) is 18.3 Å². The van der Waals surface area contributed by atoms with Crippen LogP contribution in [0.1, 0.15) is 22.4 Å². The fraction of sp³-hybridized carbons (Fsp3) is 0.130. The predicted octanol–water partition coefficient (Wildman–Crippen LogP) is 4.16. The SMILES string of the molecule is Fc1cccc(CC2(Cc3ccncc3)c3cccnc3-c3ncccc32)n1. The van der Waals surface area contributed by atoms with Crippen LogP contribution in [0.3, 0.4) is 0 Å². The van der Waals surface area contributed by atoms with Gasteiger partial charge in [0.15, 0.2) is 0 Å². The summed E-state index contributed by atoms with van der Waals surface area (Å²) < 4.78 is 13.8. The molecule has 5 rings (SSSR count). The Morgan fingerprint density at radius 1 is 0.714 bits per heavy atom. The Labute approximate surface area is 162 Å². The van der Waals surface area contributed by atoms with Gasteiger partial charge in [-0.15, -0.1) is 0 Å². The molecule has 0 bridgehead atoms. The number of nitrogens with zero attached hydrogens (tertiary/aromatic N) is 4. The van der Waals surface area contributed by atoms with Gasteiger partial charge < -0.3 is 0 Å². The highest BCUT2D eigenvalue weighted by atomic mass is 19.1. The second kappa shape index (κ2) is 6.60. The van der Waals surface area contributed by atoms with Gasteiger partial charge in [-0.2, -0.15) is 4.39 Å². The monoisotopic (exact) mass is 368 g/mol. The molecule has 5 heteroatoms. The lowest BCUT2D eigenvalue weighted by atomic mass is 9.71. The fourth-order valence-corrected chi connectivity index (χ4v) is 4.26. The summed E-state index contributed by atoms with van der Waals surface area (Å²) >= 11 is 0. The molecule has 0 radical (unpaired) electrons. The number of hydrogen-bond donors (Lipinski definition) is 0. The molecule has 0 N–H and O–H groups in total. The van der Waals surface area contributed by atoms with E-state index in [1.54, 1.807) is 30.9 Å². The molecule has 0 unspecified atom stereocenters. The van der Waals surface area contributed by atoms with Crippen molar-refractivity contribution in [2.75, 3.05) is 0 Å². The van der Waals surface area contributed by atoms with Crippen molar-refractivity contribution in [3.8, 4) is 11.4 Å². The molecular formula is C23H17FN4. The maximum atomic E-state index is 13.8. The minimum Gasteiger partial charge on any atom is -0.265 e. The van der Waals surface area contributed by atoms with Crippen LogP contribution in [-0.4, -0.2) is 19.9 Å². The summed E-state index contributed by atoms with van der Waals surface area (Å²) in [6, 6.07) is 17.1. The van der Waals surface area contributed by atoms with Crippen LogP contribution < -0.4 is 0 Å². The van der Waals surface area contributed by atoms with E-state index in [-0.39, 0.29) is 0 Å². The van der Waals surface area contributed by atoms with E-state index < -0.39 is 11.4 Å². The van der Waals surface area contributed by atoms with E-state index in [1.807, 2.05) is 30.3 Å². The third-order valence-electron chi connectivity index (χ3n) is 5.38. The summed E-state index contributed by atoms with van der Waals surface area (Å²) in [6.07, 6.45) is 8.47. The average Bonchev–Trinajstić information content (AvgIpc) is 2.99. The second-order valence-electron chi connectivity index (χ2n) is 7.04. The number of halogens is 1. The highest BCUT2D eigenvalue weighted by Gasteiger charge is 2.45. The van der Waals surface area contributed by atoms with Crippen molar-refractivity contribution < 1.29 is 4.39 Å². The highest BCUT2D eigenvalue weighted by molar-refractivity contribution is 5.75. The van der Waals surface area contributed by atoms with E-state index in [0.717, 1.165) is 34.5 Å². The van der Waals surface area contributed by atoms with Gasteiger partial charge in [0.05, 0.1) is 11.4 Å². The molecule has 0 saturated heterocycles. The van der Waals surface area contributed by atoms with E-state index in [2.05, 4.69) is 32.1 Å². The van der Waals surface area contributed by atoms with E-state index in [1.165, 1.54) is 6.07 Å². The number of hydrogen-bond acceptors (Lipinski definition) is 4. The molecule has 0 saturated carbocycles. The summed E-state index contributed by atoms with van der Waals surface area (Å²) in [5.41, 5.74) is 5.43. The quantitative estimate of drug-likeness (QED) is 0.508. The van der Waals surface area contributed by atoms with E-state index in [4.69, 9.17) is 0 Å². The summed E-state index contributed by atoms with van der Waals surface area (Å²) in [5, 5.41) is 0. The van der Waals surface area contributed by atoms with Crippen molar-refractivity contribution in [1.29, 1.82) is 0 Å². The van der Waals surface area contributed by atoms with Crippen LogP contribution in [0.4, 0.5) is 4.39 Å². The zero-order valence-electron chi connectivity index (χ0n) is 15.1. The highest BCUT2D eigenvalue weighted by Crippen LogP contribution is 2.50. The van der Waals surface area contributed by atoms with Crippen molar-refractivity contribution in [3.05, 3.63) is 108 Å². The van der Waals surface area contributed by atoms with Crippen molar-refractivity contribution >= 4 is 0 Å². The summed E-state index contributed by atoms with van der Waals surface area (Å²) in [6.45, 7) is 0. The Hall–Kier alpha value is -3.47. The molecule has 0 fully saturated rings. The minimum absolute atomic E-state index is 0.421. The molecule has 28 heavy (non-hydrogen) atoms. The smallest absolute Gasteiger partial charge is 0.213 e. The lowest BCUT2D eigenvalue weighted by molar-refractivity contribution is 0.500. The standard InChI is InChI=1S/C23H17FN4/c24-20-7-1-4-17(28-20)15-23(14-16-8-12-25-13-9-16)18-5-2-10-26-21(18)22-19(23)6-3-11-27-22/h1-13H,14-15H2. The van der Waals surface area contributed by atoms with Crippen molar-refractivity contribution in [3.63, 3.8) is 0 Å². The van der Waals surface area contributed by atoms with Crippen molar-refractivity contribution in [1.82, 2.24) is 19.9 Å². The molecule has 4 nitrogen and oxygen atoms in total.